The number of methoxy groups -OCH3 is 1. The second-order valence-electron chi connectivity index (χ2n) is 3.20. The van der Waals surface area contributed by atoms with Gasteiger partial charge in [0, 0.05) is 24.2 Å². The van der Waals surface area contributed by atoms with Gasteiger partial charge in [0.15, 0.2) is 0 Å². The molecule has 88 valence electrons. The van der Waals surface area contributed by atoms with Crippen molar-refractivity contribution in [3.8, 4) is 5.75 Å². The third-order valence-corrected chi connectivity index (χ3v) is 2.52. The molecule has 1 rings (SSSR count). The Morgan fingerprint density at radius 3 is 2.88 bits per heavy atom. The summed E-state index contributed by atoms with van der Waals surface area (Å²) >= 11 is 6.04. The molecule has 0 fully saturated rings. The largest absolute Gasteiger partial charge is 0.496 e. The molecule has 0 spiro atoms. The van der Waals surface area contributed by atoms with Gasteiger partial charge in [0.25, 0.3) is 0 Å². The van der Waals surface area contributed by atoms with Gasteiger partial charge in [0.05, 0.1) is 13.7 Å². The number of carbonyl (C=O) groups excluding carboxylic acids is 1. The predicted octanol–water partition coefficient (Wildman–Crippen LogP) is 1.18. The normalized spacial score (nSPS) is 9.94. The lowest BCUT2D eigenvalue weighted by Gasteiger charge is -2.10. The number of likely N-dealkylation sites (N-methyl/N-ethyl adjacent to an activating group) is 1. The van der Waals surface area contributed by atoms with Crippen LogP contribution in [0.1, 0.15) is 5.56 Å². The van der Waals surface area contributed by atoms with E-state index in [-0.39, 0.29) is 12.5 Å². The fourth-order valence-corrected chi connectivity index (χ4v) is 1.52. The third-order valence-electron chi connectivity index (χ3n) is 2.16. The van der Waals surface area contributed by atoms with Gasteiger partial charge in [-0.05, 0) is 12.1 Å². The summed E-state index contributed by atoms with van der Waals surface area (Å²) in [6.07, 6.45) is 0. The van der Waals surface area contributed by atoms with Gasteiger partial charge in [-0.25, -0.2) is 0 Å². The molecule has 0 aliphatic rings. The molecular formula is C11H15ClN2O2. The molecule has 0 radical (unpaired) electrons. The molecule has 1 amide bonds. The second kappa shape index (κ2) is 6.35. The Kier molecular flexibility index (Phi) is 5.08. The van der Waals surface area contributed by atoms with Gasteiger partial charge in [-0.1, -0.05) is 17.7 Å². The summed E-state index contributed by atoms with van der Waals surface area (Å²) in [7, 11) is 3.19. The Morgan fingerprint density at radius 2 is 2.25 bits per heavy atom. The van der Waals surface area contributed by atoms with Crippen LogP contribution in [-0.2, 0) is 11.3 Å². The first-order chi connectivity index (χ1) is 7.69. The van der Waals surface area contributed by atoms with Crippen LogP contribution in [0.25, 0.3) is 0 Å². The monoisotopic (exact) mass is 242 g/mol. The molecule has 0 aliphatic carbocycles. The molecule has 2 N–H and O–H groups in total. The van der Waals surface area contributed by atoms with E-state index in [1.807, 2.05) is 12.1 Å². The zero-order valence-electron chi connectivity index (χ0n) is 9.34. The van der Waals surface area contributed by atoms with Crippen molar-refractivity contribution in [3.05, 3.63) is 28.8 Å². The van der Waals surface area contributed by atoms with E-state index in [0.717, 1.165) is 11.3 Å². The van der Waals surface area contributed by atoms with E-state index in [2.05, 4.69) is 10.6 Å². The maximum absolute atomic E-state index is 11.0. The molecule has 1 aromatic rings. The summed E-state index contributed by atoms with van der Waals surface area (Å²) in [4.78, 5) is 11.0. The van der Waals surface area contributed by atoms with Crippen molar-refractivity contribution in [1.82, 2.24) is 10.6 Å². The standard InChI is InChI=1S/C11H15ClN2O2/c1-13-11(15)7-14-6-8-9(12)4-3-5-10(8)16-2/h3-5,14H,6-7H2,1-2H3,(H,13,15). The van der Waals surface area contributed by atoms with Crippen molar-refractivity contribution in [3.63, 3.8) is 0 Å². The zero-order chi connectivity index (χ0) is 12.0. The van der Waals surface area contributed by atoms with Gasteiger partial charge in [0.1, 0.15) is 5.75 Å². The molecule has 0 unspecified atom stereocenters. The van der Waals surface area contributed by atoms with E-state index in [0.29, 0.717) is 11.6 Å². The number of ether oxygens (including phenoxy) is 1. The highest BCUT2D eigenvalue weighted by molar-refractivity contribution is 6.31. The minimum absolute atomic E-state index is 0.0639. The zero-order valence-corrected chi connectivity index (χ0v) is 10.1. The summed E-state index contributed by atoms with van der Waals surface area (Å²) in [5, 5.41) is 6.15. The summed E-state index contributed by atoms with van der Waals surface area (Å²) in [6, 6.07) is 5.45. The van der Waals surface area contributed by atoms with Gasteiger partial charge in [-0.2, -0.15) is 0 Å². The van der Waals surface area contributed by atoms with Crippen LogP contribution in [-0.4, -0.2) is 26.6 Å². The molecule has 0 heterocycles. The van der Waals surface area contributed by atoms with Crippen molar-refractivity contribution in [1.29, 1.82) is 0 Å². The Morgan fingerprint density at radius 1 is 1.50 bits per heavy atom. The van der Waals surface area contributed by atoms with Crippen molar-refractivity contribution >= 4 is 17.5 Å². The van der Waals surface area contributed by atoms with Crippen LogP contribution in [0, 0.1) is 0 Å². The first-order valence-corrected chi connectivity index (χ1v) is 5.29. The summed E-state index contributed by atoms with van der Waals surface area (Å²) in [5.74, 6) is 0.655. The Balaban J connectivity index is 2.62. The maximum Gasteiger partial charge on any atom is 0.233 e. The van der Waals surface area contributed by atoms with Gasteiger partial charge in [-0.15, -0.1) is 0 Å². The summed E-state index contributed by atoms with van der Waals surface area (Å²) < 4.78 is 5.19. The van der Waals surface area contributed by atoms with Crippen LogP contribution in [0.5, 0.6) is 5.75 Å². The van der Waals surface area contributed by atoms with E-state index < -0.39 is 0 Å². The first kappa shape index (κ1) is 12.8. The minimum Gasteiger partial charge on any atom is -0.496 e. The average molecular weight is 243 g/mol. The maximum atomic E-state index is 11.0. The molecule has 0 aliphatic heterocycles. The number of nitrogens with one attached hydrogen (secondary N) is 2. The van der Waals surface area contributed by atoms with Crippen LogP contribution >= 0.6 is 11.6 Å². The molecule has 5 heteroatoms. The van der Waals surface area contributed by atoms with Gasteiger partial charge in [-0.3, -0.25) is 4.79 Å². The van der Waals surface area contributed by atoms with Gasteiger partial charge >= 0.3 is 0 Å². The summed E-state index contributed by atoms with van der Waals surface area (Å²) in [5.41, 5.74) is 0.857. The van der Waals surface area contributed by atoms with E-state index in [1.165, 1.54) is 0 Å². The van der Waals surface area contributed by atoms with Crippen molar-refractivity contribution in [2.24, 2.45) is 0 Å². The topological polar surface area (TPSA) is 50.4 Å². The highest BCUT2D eigenvalue weighted by Gasteiger charge is 2.07. The van der Waals surface area contributed by atoms with Gasteiger partial charge < -0.3 is 15.4 Å². The Bertz CT molecular complexity index is 369. The van der Waals surface area contributed by atoms with Gasteiger partial charge in [0.2, 0.25) is 5.91 Å². The lowest BCUT2D eigenvalue weighted by molar-refractivity contribution is -0.119. The Labute approximate surface area is 99.9 Å². The number of rotatable bonds is 5. The highest BCUT2D eigenvalue weighted by atomic mass is 35.5. The third kappa shape index (κ3) is 3.40. The molecule has 16 heavy (non-hydrogen) atoms. The fraction of sp³-hybridized carbons (Fsp3) is 0.364. The molecule has 0 aromatic heterocycles. The number of carbonyl (C=O) groups is 1. The second-order valence-corrected chi connectivity index (χ2v) is 3.60. The van der Waals surface area contributed by atoms with E-state index in [4.69, 9.17) is 16.3 Å². The molecule has 0 atom stereocenters. The SMILES string of the molecule is CNC(=O)CNCc1c(Cl)cccc1OC. The van der Waals surface area contributed by atoms with Crippen molar-refractivity contribution in [2.75, 3.05) is 20.7 Å². The lowest BCUT2D eigenvalue weighted by Crippen LogP contribution is -2.31. The number of halogens is 1. The van der Waals surface area contributed by atoms with Crippen LogP contribution in [0.2, 0.25) is 5.02 Å². The molecule has 0 bridgehead atoms. The average Bonchev–Trinajstić information content (AvgIpc) is 2.30. The molecule has 4 nitrogen and oxygen atoms in total. The molecule has 0 saturated carbocycles. The van der Waals surface area contributed by atoms with Crippen LogP contribution in [0.4, 0.5) is 0 Å². The van der Waals surface area contributed by atoms with Crippen molar-refractivity contribution < 1.29 is 9.53 Å². The molecule has 1 aromatic carbocycles. The molecular weight excluding hydrogens is 228 g/mol. The summed E-state index contributed by atoms with van der Waals surface area (Å²) in [6.45, 7) is 0.751. The van der Waals surface area contributed by atoms with Crippen LogP contribution < -0.4 is 15.4 Å². The first-order valence-electron chi connectivity index (χ1n) is 4.91. The highest BCUT2D eigenvalue weighted by Crippen LogP contribution is 2.25. The van der Waals surface area contributed by atoms with E-state index >= 15 is 0 Å². The lowest BCUT2D eigenvalue weighted by atomic mass is 10.2. The fourth-order valence-electron chi connectivity index (χ4n) is 1.29. The molecule has 0 saturated heterocycles. The quantitative estimate of drug-likeness (QED) is 0.816. The number of benzene rings is 1. The Hall–Kier alpha value is -1.26. The van der Waals surface area contributed by atoms with Crippen molar-refractivity contribution in [2.45, 2.75) is 6.54 Å². The predicted molar refractivity (Wildman–Crippen MR) is 63.8 cm³/mol. The van der Waals surface area contributed by atoms with Crippen LogP contribution in [0.15, 0.2) is 18.2 Å². The van der Waals surface area contributed by atoms with E-state index in [1.54, 1.807) is 20.2 Å². The van der Waals surface area contributed by atoms with Crippen LogP contribution in [0.3, 0.4) is 0 Å². The smallest absolute Gasteiger partial charge is 0.233 e. The van der Waals surface area contributed by atoms with E-state index in [9.17, 15) is 4.79 Å². The number of amides is 1. The number of hydrogen-bond donors (Lipinski definition) is 2. The number of hydrogen-bond acceptors (Lipinski definition) is 3. The minimum atomic E-state index is -0.0639.